The van der Waals surface area contributed by atoms with Crippen molar-refractivity contribution in [3.8, 4) is 0 Å². The average Bonchev–Trinajstić information content (AvgIpc) is 2.68. The Bertz CT molecular complexity index is 604. The first-order valence-corrected chi connectivity index (χ1v) is 11.1. The highest BCUT2D eigenvalue weighted by molar-refractivity contribution is 5.87. The van der Waals surface area contributed by atoms with E-state index < -0.39 is 5.41 Å². The van der Waals surface area contributed by atoms with Gasteiger partial charge in [-0.15, -0.1) is 0 Å². The van der Waals surface area contributed by atoms with Crippen LogP contribution in [-0.2, 0) is 23.8 Å². The van der Waals surface area contributed by atoms with Gasteiger partial charge in [0, 0.05) is 5.57 Å². The molecule has 0 N–H and O–H groups in total. The lowest BCUT2D eigenvalue weighted by Gasteiger charge is -2.57. The molecule has 0 aromatic rings. The fourth-order valence-corrected chi connectivity index (χ4v) is 6.46. The smallest absolute Gasteiger partial charge is 0.333 e. The molecule has 0 saturated heterocycles. The fraction of sp³-hybridized carbons (Fsp3) is 0.826. The van der Waals surface area contributed by atoms with Gasteiger partial charge in [0.25, 0.3) is 0 Å². The summed E-state index contributed by atoms with van der Waals surface area (Å²) < 4.78 is 17.0. The van der Waals surface area contributed by atoms with E-state index in [1.807, 2.05) is 0 Å². The second kappa shape index (κ2) is 8.17. The zero-order valence-electron chi connectivity index (χ0n) is 17.1. The molecule has 5 heteroatoms. The minimum absolute atomic E-state index is 0.0655. The number of hydrogen-bond acceptors (Lipinski definition) is 5. The van der Waals surface area contributed by atoms with Crippen molar-refractivity contribution in [2.24, 2.45) is 29.1 Å². The Morgan fingerprint density at radius 1 is 1.04 bits per heavy atom. The van der Waals surface area contributed by atoms with Crippen molar-refractivity contribution in [3.05, 3.63) is 12.2 Å². The van der Waals surface area contributed by atoms with E-state index in [0.717, 1.165) is 32.1 Å². The Hall–Kier alpha value is -1.36. The van der Waals surface area contributed by atoms with E-state index in [2.05, 4.69) is 6.58 Å². The van der Waals surface area contributed by atoms with E-state index in [1.165, 1.54) is 32.1 Å². The molecule has 5 aliphatic rings. The van der Waals surface area contributed by atoms with Crippen LogP contribution in [0.1, 0.15) is 71.1 Å². The number of esters is 2. The molecular formula is C23H34O5. The molecule has 2 unspecified atom stereocenters. The second-order valence-corrected chi connectivity index (χ2v) is 9.83. The van der Waals surface area contributed by atoms with E-state index in [0.29, 0.717) is 24.0 Å². The molecule has 5 nitrogen and oxygen atoms in total. The standard InChI is InChI=1S/C23H34O5/c1-15(2)21(24)28-20-18-8-17-9-19(20)12-23(10-17,11-18)22(25)27-14-26-13-16-6-4-3-5-7-16/h16-20H,1,3-14H2,2H3. The number of carbonyl (C=O) groups excluding carboxylic acids is 2. The third-order valence-corrected chi connectivity index (χ3v) is 7.56. The van der Waals surface area contributed by atoms with Gasteiger partial charge in [0.05, 0.1) is 12.0 Å². The summed E-state index contributed by atoms with van der Waals surface area (Å²) in [5.41, 5.74) is 0.0506. The predicted octanol–water partition coefficient (Wildman–Crippen LogP) is 4.40. The van der Waals surface area contributed by atoms with Gasteiger partial charge in [-0.3, -0.25) is 4.79 Å². The summed E-state index contributed by atoms with van der Waals surface area (Å²) in [7, 11) is 0. The highest BCUT2D eigenvalue weighted by Crippen LogP contribution is 2.61. The summed E-state index contributed by atoms with van der Waals surface area (Å²) >= 11 is 0. The first-order valence-electron chi connectivity index (χ1n) is 11.1. The Balaban J connectivity index is 1.29. The number of hydrogen-bond donors (Lipinski definition) is 0. The topological polar surface area (TPSA) is 61.8 Å². The van der Waals surface area contributed by atoms with Gasteiger partial charge in [0.2, 0.25) is 0 Å². The Morgan fingerprint density at radius 3 is 2.36 bits per heavy atom. The SMILES string of the molecule is C=C(C)C(=O)OC1C2CC3CC1CC(C(=O)OCOCC1CCCCC1)(C3)C2. The lowest BCUT2D eigenvalue weighted by atomic mass is 9.48. The van der Waals surface area contributed by atoms with Crippen molar-refractivity contribution >= 4 is 11.9 Å². The van der Waals surface area contributed by atoms with Crippen LogP contribution in [0, 0.1) is 29.1 Å². The summed E-state index contributed by atoms with van der Waals surface area (Å²) in [5.74, 6) is 1.31. The van der Waals surface area contributed by atoms with Crippen LogP contribution in [0.5, 0.6) is 0 Å². The van der Waals surface area contributed by atoms with Crippen LogP contribution in [0.4, 0.5) is 0 Å². The van der Waals surface area contributed by atoms with Gasteiger partial charge in [0.1, 0.15) is 6.10 Å². The van der Waals surface area contributed by atoms with Crippen LogP contribution >= 0.6 is 0 Å². The van der Waals surface area contributed by atoms with Crippen molar-refractivity contribution in [2.45, 2.75) is 77.2 Å². The van der Waals surface area contributed by atoms with Crippen molar-refractivity contribution in [2.75, 3.05) is 13.4 Å². The highest BCUT2D eigenvalue weighted by atomic mass is 16.7. The third kappa shape index (κ3) is 4.00. The summed E-state index contributed by atoms with van der Waals surface area (Å²) in [6.45, 7) is 6.15. The quantitative estimate of drug-likeness (QED) is 0.279. The van der Waals surface area contributed by atoms with E-state index in [4.69, 9.17) is 14.2 Å². The van der Waals surface area contributed by atoms with Crippen LogP contribution in [0.2, 0.25) is 0 Å². The van der Waals surface area contributed by atoms with Crippen LogP contribution in [0.3, 0.4) is 0 Å². The summed E-state index contributed by atoms with van der Waals surface area (Å²) in [6, 6.07) is 0. The van der Waals surface area contributed by atoms with Crippen molar-refractivity contribution in [1.29, 1.82) is 0 Å². The lowest BCUT2D eigenvalue weighted by Crippen LogP contribution is -2.57. The monoisotopic (exact) mass is 390 g/mol. The first kappa shape index (κ1) is 19.9. The summed E-state index contributed by atoms with van der Waals surface area (Å²) in [6.07, 6.45) is 10.9. The van der Waals surface area contributed by atoms with E-state index >= 15 is 0 Å². The van der Waals surface area contributed by atoms with Crippen molar-refractivity contribution in [3.63, 3.8) is 0 Å². The minimum Gasteiger partial charge on any atom is -0.458 e. The molecule has 5 aliphatic carbocycles. The molecular weight excluding hydrogens is 356 g/mol. The molecule has 0 spiro atoms. The molecule has 4 bridgehead atoms. The molecule has 0 aromatic carbocycles. The van der Waals surface area contributed by atoms with Crippen LogP contribution in [0.15, 0.2) is 12.2 Å². The zero-order chi connectivity index (χ0) is 19.7. The maximum atomic E-state index is 13.0. The maximum absolute atomic E-state index is 13.0. The van der Waals surface area contributed by atoms with Crippen LogP contribution < -0.4 is 0 Å². The highest BCUT2D eigenvalue weighted by Gasteiger charge is 2.60. The molecule has 28 heavy (non-hydrogen) atoms. The molecule has 0 radical (unpaired) electrons. The lowest BCUT2D eigenvalue weighted by molar-refractivity contribution is -0.201. The largest absolute Gasteiger partial charge is 0.458 e. The Labute approximate surface area is 168 Å². The molecule has 5 fully saturated rings. The van der Waals surface area contributed by atoms with E-state index in [1.54, 1.807) is 6.92 Å². The number of ether oxygens (including phenoxy) is 3. The first-order chi connectivity index (χ1) is 13.5. The second-order valence-electron chi connectivity index (χ2n) is 9.83. The van der Waals surface area contributed by atoms with Crippen LogP contribution in [-0.4, -0.2) is 31.4 Å². The van der Waals surface area contributed by atoms with Gasteiger partial charge >= 0.3 is 11.9 Å². The van der Waals surface area contributed by atoms with Gasteiger partial charge < -0.3 is 14.2 Å². The van der Waals surface area contributed by atoms with Gasteiger partial charge in [-0.1, -0.05) is 25.8 Å². The molecule has 5 rings (SSSR count). The molecule has 2 atom stereocenters. The molecule has 0 heterocycles. The Morgan fingerprint density at radius 2 is 1.71 bits per heavy atom. The third-order valence-electron chi connectivity index (χ3n) is 7.56. The van der Waals surface area contributed by atoms with E-state index in [-0.39, 0.29) is 36.7 Å². The van der Waals surface area contributed by atoms with Gasteiger partial charge in [-0.2, -0.15) is 0 Å². The molecule has 0 amide bonds. The van der Waals surface area contributed by atoms with E-state index in [9.17, 15) is 9.59 Å². The number of carbonyl (C=O) groups is 2. The maximum Gasteiger partial charge on any atom is 0.333 e. The Kier molecular flexibility index (Phi) is 5.82. The molecule has 5 saturated carbocycles. The molecule has 156 valence electrons. The molecule has 0 aliphatic heterocycles. The van der Waals surface area contributed by atoms with Crippen molar-refractivity contribution < 1.29 is 23.8 Å². The fourth-order valence-electron chi connectivity index (χ4n) is 6.46. The number of rotatable bonds is 7. The van der Waals surface area contributed by atoms with Gasteiger partial charge in [-0.05, 0) is 75.5 Å². The van der Waals surface area contributed by atoms with Crippen molar-refractivity contribution in [1.82, 2.24) is 0 Å². The van der Waals surface area contributed by atoms with Gasteiger partial charge in [0.15, 0.2) is 6.79 Å². The van der Waals surface area contributed by atoms with Gasteiger partial charge in [-0.25, -0.2) is 4.79 Å². The minimum atomic E-state index is -0.392. The zero-order valence-corrected chi connectivity index (χ0v) is 17.1. The normalized spacial score (nSPS) is 36.9. The molecule has 0 aromatic heterocycles. The van der Waals surface area contributed by atoms with Crippen LogP contribution in [0.25, 0.3) is 0 Å². The summed E-state index contributed by atoms with van der Waals surface area (Å²) in [5, 5.41) is 0. The predicted molar refractivity (Wildman–Crippen MR) is 104 cm³/mol. The summed E-state index contributed by atoms with van der Waals surface area (Å²) in [4.78, 5) is 25.0. The average molecular weight is 391 g/mol.